The van der Waals surface area contributed by atoms with E-state index in [9.17, 15) is 18.9 Å². The molecule has 0 saturated heterocycles. The van der Waals surface area contributed by atoms with Gasteiger partial charge in [-0.2, -0.15) is 0 Å². The van der Waals surface area contributed by atoms with Gasteiger partial charge in [-0.15, -0.1) is 0 Å². The first-order valence-electron chi connectivity index (χ1n) is 10.7. The number of hydrogen-bond donors (Lipinski definition) is 5. The van der Waals surface area contributed by atoms with Crippen LogP contribution in [0.25, 0.3) is 0 Å². The first-order chi connectivity index (χ1) is 15.1. The summed E-state index contributed by atoms with van der Waals surface area (Å²) < 4.78 is 14.9. The first-order valence-corrected chi connectivity index (χ1v) is 12.2. The number of benzene rings is 1. The van der Waals surface area contributed by atoms with E-state index in [-0.39, 0.29) is 17.7 Å². The number of carboxylic acids is 1. The third-order valence-corrected chi connectivity index (χ3v) is 6.03. The number of aliphatic carboxylic acids is 1. The van der Waals surface area contributed by atoms with Crippen LogP contribution in [-0.2, 0) is 29.9 Å². The Hall–Kier alpha value is -2.26. The molecule has 178 valence electrons. The van der Waals surface area contributed by atoms with Gasteiger partial charge in [0.1, 0.15) is 0 Å². The molecule has 0 heterocycles. The third-order valence-electron chi connectivity index (χ3n) is 5.54. The van der Waals surface area contributed by atoms with Gasteiger partial charge >= 0.3 is 13.8 Å². The first kappa shape index (κ1) is 26.0. The quantitative estimate of drug-likeness (QED) is 0.288. The number of rotatable bonds is 12. The van der Waals surface area contributed by atoms with E-state index in [0.29, 0.717) is 25.8 Å². The molecule has 0 unspecified atom stereocenters. The molecule has 1 atom stereocenters. The second-order valence-electron chi connectivity index (χ2n) is 8.05. The number of carbonyl (C=O) groups is 3. The number of carboxylic acid groups (broad SMARTS) is 1. The maximum atomic E-state index is 12.4. The van der Waals surface area contributed by atoms with Crippen molar-refractivity contribution in [3.05, 3.63) is 35.9 Å². The van der Waals surface area contributed by atoms with Crippen LogP contribution in [0, 0.1) is 11.8 Å². The van der Waals surface area contributed by atoms with Crippen molar-refractivity contribution in [3.8, 4) is 0 Å². The minimum atomic E-state index is -4.83. The Labute approximate surface area is 187 Å². The molecule has 1 aliphatic rings. The van der Waals surface area contributed by atoms with Gasteiger partial charge in [0.15, 0.2) is 6.04 Å². The SMILES string of the molecule is O=C(CCCc1ccccc1)NCC1CCC(C(=O)N[C@@H](COP(=O)(O)O)C(=O)O)CC1. The van der Waals surface area contributed by atoms with Crippen LogP contribution in [0.5, 0.6) is 0 Å². The molecule has 0 aromatic heterocycles. The molecule has 2 amide bonds. The molecule has 0 bridgehead atoms. The number of nitrogens with one attached hydrogen (secondary N) is 2. The molecule has 1 fully saturated rings. The minimum Gasteiger partial charge on any atom is -0.480 e. The van der Waals surface area contributed by atoms with Gasteiger partial charge in [-0.3, -0.25) is 14.1 Å². The molecule has 11 heteroatoms. The normalized spacial score (nSPS) is 19.7. The van der Waals surface area contributed by atoms with Crippen LogP contribution in [-0.4, -0.2) is 51.9 Å². The minimum absolute atomic E-state index is 0.00940. The number of carbonyl (C=O) groups excluding carboxylic acids is 2. The maximum Gasteiger partial charge on any atom is 0.469 e. The molecular formula is C21H31N2O8P. The molecule has 1 aliphatic carbocycles. The molecule has 5 N–H and O–H groups in total. The Kier molecular flexibility index (Phi) is 10.3. The fourth-order valence-corrected chi connectivity index (χ4v) is 4.05. The number of amides is 2. The summed E-state index contributed by atoms with van der Waals surface area (Å²) in [5.41, 5.74) is 1.20. The predicted molar refractivity (Wildman–Crippen MR) is 115 cm³/mol. The van der Waals surface area contributed by atoms with Gasteiger partial charge in [0.2, 0.25) is 11.8 Å². The number of aryl methyl sites for hydroxylation is 1. The Morgan fingerprint density at radius 1 is 1.09 bits per heavy atom. The van der Waals surface area contributed by atoms with Crippen LogP contribution >= 0.6 is 7.82 Å². The molecule has 0 radical (unpaired) electrons. The molecule has 1 saturated carbocycles. The zero-order valence-corrected chi connectivity index (χ0v) is 18.7. The summed E-state index contributed by atoms with van der Waals surface area (Å²) in [6.07, 6.45) is 4.63. The molecule has 32 heavy (non-hydrogen) atoms. The van der Waals surface area contributed by atoms with Gasteiger partial charge in [-0.25, -0.2) is 9.36 Å². The smallest absolute Gasteiger partial charge is 0.469 e. The Morgan fingerprint density at radius 2 is 1.75 bits per heavy atom. The lowest BCUT2D eigenvalue weighted by molar-refractivity contribution is -0.143. The van der Waals surface area contributed by atoms with Gasteiger partial charge < -0.3 is 25.5 Å². The Morgan fingerprint density at radius 3 is 2.34 bits per heavy atom. The summed E-state index contributed by atoms with van der Waals surface area (Å²) in [5.74, 6) is -2.03. The Bertz CT molecular complexity index is 805. The van der Waals surface area contributed by atoms with Gasteiger partial charge in [-0.1, -0.05) is 30.3 Å². The highest BCUT2D eigenvalue weighted by atomic mass is 31.2. The average molecular weight is 470 g/mol. The van der Waals surface area contributed by atoms with Crippen molar-refractivity contribution in [2.24, 2.45) is 11.8 Å². The molecule has 0 aliphatic heterocycles. The van der Waals surface area contributed by atoms with Gasteiger partial charge in [0.05, 0.1) is 6.61 Å². The largest absolute Gasteiger partial charge is 0.480 e. The molecule has 10 nitrogen and oxygen atoms in total. The van der Waals surface area contributed by atoms with Crippen molar-refractivity contribution in [2.75, 3.05) is 13.2 Å². The molecule has 0 spiro atoms. The molecule has 2 rings (SSSR count). The van der Waals surface area contributed by atoms with E-state index in [4.69, 9.17) is 14.9 Å². The van der Waals surface area contributed by atoms with Crippen LogP contribution in [0.15, 0.2) is 30.3 Å². The predicted octanol–water partition coefficient (Wildman–Crippen LogP) is 1.61. The van der Waals surface area contributed by atoms with E-state index < -0.39 is 32.3 Å². The summed E-state index contributed by atoms with van der Waals surface area (Å²) in [7, 11) is -4.83. The molecular weight excluding hydrogens is 439 g/mol. The van der Waals surface area contributed by atoms with Crippen molar-refractivity contribution >= 4 is 25.6 Å². The second kappa shape index (κ2) is 12.7. The van der Waals surface area contributed by atoms with Gasteiger partial charge in [0.25, 0.3) is 0 Å². The fraction of sp³-hybridized carbons (Fsp3) is 0.571. The number of phosphoric acid groups is 1. The van der Waals surface area contributed by atoms with Gasteiger partial charge in [0, 0.05) is 18.9 Å². The highest BCUT2D eigenvalue weighted by molar-refractivity contribution is 7.46. The summed E-state index contributed by atoms with van der Waals surface area (Å²) in [6.45, 7) is -0.274. The lowest BCUT2D eigenvalue weighted by atomic mass is 9.81. The van der Waals surface area contributed by atoms with E-state index in [0.717, 1.165) is 25.7 Å². The highest BCUT2D eigenvalue weighted by Gasteiger charge is 2.30. The van der Waals surface area contributed by atoms with Crippen LogP contribution in [0.3, 0.4) is 0 Å². The zero-order valence-electron chi connectivity index (χ0n) is 17.8. The lowest BCUT2D eigenvalue weighted by Crippen LogP contribution is -2.47. The van der Waals surface area contributed by atoms with Crippen molar-refractivity contribution in [1.82, 2.24) is 10.6 Å². The monoisotopic (exact) mass is 470 g/mol. The third kappa shape index (κ3) is 9.91. The van der Waals surface area contributed by atoms with E-state index in [2.05, 4.69) is 15.2 Å². The van der Waals surface area contributed by atoms with E-state index in [1.54, 1.807) is 0 Å². The Balaban J connectivity index is 1.65. The highest BCUT2D eigenvalue weighted by Crippen LogP contribution is 2.35. The zero-order chi connectivity index (χ0) is 23.6. The van der Waals surface area contributed by atoms with E-state index >= 15 is 0 Å². The van der Waals surface area contributed by atoms with E-state index in [1.165, 1.54) is 5.56 Å². The maximum absolute atomic E-state index is 12.4. The van der Waals surface area contributed by atoms with Crippen LogP contribution in [0.2, 0.25) is 0 Å². The lowest BCUT2D eigenvalue weighted by Gasteiger charge is -2.28. The summed E-state index contributed by atoms with van der Waals surface area (Å²) in [4.78, 5) is 53.0. The summed E-state index contributed by atoms with van der Waals surface area (Å²) in [5, 5.41) is 14.4. The molecule has 1 aromatic carbocycles. The summed E-state index contributed by atoms with van der Waals surface area (Å²) >= 11 is 0. The van der Waals surface area contributed by atoms with Crippen LogP contribution in [0.4, 0.5) is 0 Å². The second-order valence-corrected chi connectivity index (χ2v) is 9.29. The average Bonchev–Trinajstić information content (AvgIpc) is 2.75. The molecule has 1 aromatic rings. The van der Waals surface area contributed by atoms with Gasteiger partial charge in [-0.05, 0) is 50.0 Å². The van der Waals surface area contributed by atoms with E-state index in [1.807, 2.05) is 30.3 Å². The standard InChI is InChI=1S/C21H31N2O8P/c24-19(8-4-7-15-5-2-1-3-6-15)22-13-16-9-11-17(12-10-16)20(25)23-18(21(26)27)14-31-32(28,29)30/h1-3,5-6,16-18H,4,7-14H2,(H,22,24)(H,23,25)(H,26,27)(H2,28,29,30)/t16?,17?,18-/m0/s1. The van der Waals surface area contributed by atoms with Crippen molar-refractivity contribution in [2.45, 2.75) is 51.0 Å². The fourth-order valence-electron chi connectivity index (χ4n) is 3.71. The van der Waals surface area contributed by atoms with Crippen molar-refractivity contribution in [1.29, 1.82) is 0 Å². The summed E-state index contributed by atoms with van der Waals surface area (Å²) in [6, 6.07) is 8.45. The topological polar surface area (TPSA) is 162 Å². The number of hydrogen-bond acceptors (Lipinski definition) is 5. The van der Waals surface area contributed by atoms with Crippen molar-refractivity contribution in [3.63, 3.8) is 0 Å². The van der Waals surface area contributed by atoms with Crippen LogP contribution in [0.1, 0.15) is 44.1 Å². The van der Waals surface area contributed by atoms with Crippen LogP contribution < -0.4 is 10.6 Å². The number of phosphoric ester groups is 1. The van der Waals surface area contributed by atoms with Crippen molar-refractivity contribution < 1.29 is 38.4 Å².